The second-order valence-corrected chi connectivity index (χ2v) is 3.29. The lowest BCUT2D eigenvalue weighted by atomic mass is 10.0. The van der Waals surface area contributed by atoms with Gasteiger partial charge in [0.25, 0.3) is 0 Å². The fourth-order valence-electron chi connectivity index (χ4n) is 1.87. The zero-order chi connectivity index (χ0) is 8.55. The molecule has 2 heteroatoms. The molecule has 0 aromatic rings. The molecule has 1 saturated heterocycles. The smallest absolute Gasteiger partial charge is 0.183 e. The van der Waals surface area contributed by atoms with Crippen LogP contribution < -0.4 is 0 Å². The van der Waals surface area contributed by atoms with Crippen LogP contribution in [0, 0.1) is 0 Å². The predicted octanol–water partition coefficient (Wildman–Crippen LogP) is 1.62. The summed E-state index contributed by atoms with van der Waals surface area (Å²) in [5.41, 5.74) is 0.818. The second-order valence-electron chi connectivity index (χ2n) is 3.29. The Morgan fingerprint density at radius 3 is 3.25 bits per heavy atom. The third-order valence-corrected chi connectivity index (χ3v) is 2.52. The maximum Gasteiger partial charge on any atom is 0.183 e. The van der Waals surface area contributed by atoms with E-state index in [1.165, 1.54) is 6.08 Å². The molecule has 0 aliphatic carbocycles. The molecule has 2 atom stereocenters. The Kier molecular flexibility index (Phi) is 1.85. The largest absolute Gasteiger partial charge is 0.370 e. The lowest BCUT2D eigenvalue weighted by molar-refractivity contribution is -0.112. The van der Waals surface area contributed by atoms with E-state index in [4.69, 9.17) is 4.74 Å². The first-order chi connectivity index (χ1) is 5.81. The number of hydrogen-bond donors (Lipinski definition) is 0. The van der Waals surface area contributed by atoms with E-state index in [9.17, 15) is 4.79 Å². The van der Waals surface area contributed by atoms with Crippen LogP contribution in [0.15, 0.2) is 24.3 Å². The van der Waals surface area contributed by atoms with Crippen molar-refractivity contribution >= 4 is 5.78 Å². The van der Waals surface area contributed by atoms with E-state index >= 15 is 0 Å². The van der Waals surface area contributed by atoms with Crippen LogP contribution in [0.2, 0.25) is 0 Å². The molecule has 0 amide bonds. The van der Waals surface area contributed by atoms with Crippen LogP contribution in [0.5, 0.6) is 0 Å². The quantitative estimate of drug-likeness (QED) is 0.580. The van der Waals surface area contributed by atoms with Crippen molar-refractivity contribution in [3.05, 3.63) is 24.3 Å². The molecule has 12 heavy (non-hydrogen) atoms. The molecule has 0 radical (unpaired) electrons. The minimum Gasteiger partial charge on any atom is -0.370 e. The summed E-state index contributed by atoms with van der Waals surface area (Å²) in [6.45, 7) is 3.47. The first kappa shape index (κ1) is 7.74. The molecule has 2 rings (SSSR count). The summed E-state index contributed by atoms with van der Waals surface area (Å²) in [7, 11) is 0. The van der Waals surface area contributed by atoms with Gasteiger partial charge in [-0.1, -0.05) is 12.7 Å². The summed E-state index contributed by atoms with van der Waals surface area (Å²) in [6, 6.07) is 0. The number of hydrogen-bond acceptors (Lipinski definition) is 2. The van der Waals surface area contributed by atoms with Gasteiger partial charge in [-0.2, -0.15) is 0 Å². The van der Waals surface area contributed by atoms with E-state index in [2.05, 4.69) is 6.58 Å². The second kappa shape index (κ2) is 2.87. The molecule has 2 bridgehead atoms. The Morgan fingerprint density at radius 1 is 1.67 bits per heavy atom. The molecule has 0 N–H and O–H groups in total. The summed E-state index contributed by atoms with van der Waals surface area (Å²) in [6.07, 6.45) is 6.80. The average molecular weight is 164 g/mol. The van der Waals surface area contributed by atoms with Crippen molar-refractivity contribution in [2.75, 3.05) is 0 Å². The Balaban J connectivity index is 2.20. The zero-order valence-electron chi connectivity index (χ0n) is 6.95. The highest BCUT2D eigenvalue weighted by Crippen LogP contribution is 2.32. The van der Waals surface area contributed by atoms with Crippen molar-refractivity contribution in [3.63, 3.8) is 0 Å². The predicted molar refractivity (Wildman–Crippen MR) is 45.8 cm³/mol. The highest BCUT2D eigenvalue weighted by atomic mass is 16.5. The molecule has 0 unspecified atom stereocenters. The van der Waals surface area contributed by atoms with Gasteiger partial charge in [-0.3, -0.25) is 4.79 Å². The van der Waals surface area contributed by atoms with Gasteiger partial charge >= 0.3 is 0 Å². The van der Waals surface area contributed by atoms with Crippen LogP contribution >= 0.6 is 0 Å². The van der Waals surface area contributed by atoms with Gasteiger partial charge in [0, 0.05) is 5.57 Å². The minimum atomic E-state index is 0.0281. The number of carbonyl (C=O) groups is 1. The number of allylic oxidation sites excluding steroid dienone is 1. The standard InChI is InChI=1S/C10H12O2/c1-2-9(11)8-5-3-7-4-6-10(8)12-7/h2,5,7,10H,1,3-4,6H2/t7-,10-/m0/s1. The first-order valence-corrected chi connectivity index (χ1v) is 4.33. The lowest BCUT2D eigenvalue weighted by Gasteiger charge is -2.19. The van der Waals surface area contributed by atoms with Gasteiger partial charge in [0.05, 0.1) is 12.2 Å². The highest BCUT2D eigenvalue weighted by molar-refractivity contribution is 6.04. The van der Waals surface area contributed by atoms with Gasteiger partial charge in [-0.25, -0.2) is 0 Å². The van der Waals surface area contributed by atoms with Crippen molar-refractivity contribution in [2.24, 2.45) is 0 Å². The summed E-state index contributed by atoms with van der Waals surface area (Å²) >= 11 is 0. The molecule has 2 heterocycles. The average Bonchev–Trinajstić information content (AvgIpc) is 2.47. The third kappa shape index (κ3) is 1.12. The maximum atomic E-state index is 11.3. The van der Waals surface area contributed by atoms with Crippen LogP contribution in [0.3, 0.4) is 0 Å². The molecular formula is C10H12O2. The third-order valence-electron chi connectivity index (χ3n) is 2.52. The summed E-state index contributed by atoms with van der Waals surface area (Å²) < 4.78 is 5.60. The van der Waals surface area contributed by atoms with E-state index in [0.717, 1.165) is 24.8 Å². The zero-order valence-corrected chi connectivity index (χ0v) is 6.95. The van der Waals surface area contributed by atoms with Gasteiger partial charge in [0.1, 0.15) is 0 Å². The van der Waals surface area contributed by atoms with Crippen molar-refractivity contribution < 1.29 is 9.53 Å². The highest BCUT2D eigenvalue weighted by Gasteiger charge is 2.33. The number of fused-ring (bicyclic) bond motifs is 2. The van der Waals surface area contributed by atoms with Crippen molar-refractivity contribution in [2.45, 2.75) is 31.5 Å². The normalized spacial score (nSPS) is 32.8. The molecule has 64 valence electrons. The summed E-state index contributed by atoms with van der Waals surface area (Å²) in [5.74, 6) is 0.0281. The molecule has 2 nitrogen and oxygen atoms in total. The van der Waals surface area contributed by atoms with E-state index < -0.39 is 0 Å². The van der Waals surface area contributed by atoms with Crippen LogP contribution in [-0.4, -0.2) is 18.0 Å². The molecule has 2 aliphatic heterocycles. The number of ether oxygens (including phenoxy) is 1. The van der Waals surface area contributed by atoms with E-state index in [1.807, 2.05) is 6.08 Å². The van der Waals surface area contributed by atoms with E-state index in [0.29, 0.717) is 6.10 Å². The molecule has 0 aromatic carbocycles. The minimum absolute atomic E-state index is 0.0281. The summed E-state index contributed by atoms with van der Waals surface area (Å²) in [5, 5.41) is 0. The van der Waals surface area contributed by atoms with E-state index in [1.54, 1.807) is 0 Å². The number of rotatable bonds is 2. The van der Waals surface area contributed by atoms with Crippen LogP contribution in [0.25, 0.3) is 0 Å². The Labute approximate surface area is 71.9 Å². The Hall–Kier alpha value is -0.890. The molecule has 1 fully saturated rings. The lowest BCUT2D eigenvalue weighted by Crippen LogP contribution is -2.22. The van der Waals surface area contributed by atoms with Crippen LogP contribution in [-0.2, 0) is 9.53 Å². The van der Waals surface area contributed by atoms with Crippen molar-refractivity contribution in [1.82, 2.24) is 0 Å². The topological polar surface area (TPSA) is 26.3 Å². The fraction of sp³-hybridized carbons (Fsp3) is 0.500. The maximum absolute atomic E-state index is 11.3. The van der Waals surface area contributed by atoms with Crippen molar-refractivity contribution in [3.8, 4) is 0 Å². The van der Waals surface area contributed by atoms with Crippen LogP contribution in [0.1, 0.15) is 19.3 Å². The molecular weight excluding hydrogens is 152 g/mol. The Morgan fingerprint density at radius 2 is 2.50 bits per heavy atom. The van der Waals surface area contributed by atoms with Gasteiger partial charge in [-0.15, -0.1) is 0 Å². The van der Waals surface area contributed by atoms with Gasteiger partial charge in [0.15, 0.2) is 5.78 Å². The van der Waals surface area contributed by atoms with Gasteiger partial charge < -0.3 is 4.74 Å². The molecule has 0 saturated carbocycles. The van der Waals surface area contributed by atoms with Gasteiger partial charge in [0.2, 0.25) is 0 Å². The fourth-order valence-corrected chi connectivity index (χ4v) is 1.87. The van der Waals surface area contributed by atoms with Crippen molar-refractivity contribution in [1.29, 1.82) is 0 Å². The monoisotopic (exact) mass is 164 g/mol. The first-order valence-electron chi connectivity index (χ1n) is 4.33. The Bertz CT molecular complexity index is 253. The summed E-state index contributed by atoms with van der Waals surface area (Å²) in [4.78, 5) is 11.3. The van der Waals surface area contributed by atoms with Gasteiger partial charge in [-0.05, 0) is 25.3 Å². The molecule has 0 aromatic heterocycles. The number of carbonyl (C=O) groups excluding carboxylic acids is 1. The van der Waals surface area contributed by atoms with E-state index in [-0.39, 0.29) is 11.9 Å². The molecule has 0 spiro atoms. The van der Waals surface area contributed by atoms with Crippen LogP contribution in [0.4, 0.5) is 0 Å². The number of ketones is 1. The SMILES string of the molecule is C=CC(=O)C1=CC[C@H]2CC[C@@H]1O2. The molecule has 2 aliphatic rings.